The first-order valence-corrected chi connectivity index (χ1v) is 5.65. The van der Waals surface area contributed by atoms with Crippen molar-refractivity contribution in [1.82, 2.24) is 4.98 Å². The molecule has 0 saturated carbocycles. The Labute approximate surface area is 99.3 Å². The molecule has 4 nitrogen and oxygen atoms in total. The molecule has 0 amide bonds. The number of rotatable bonds is 4. The highest BCUT2D eigenvalue weighted by Gasteiger charge is 2.11. The summed E-state index contributed by atoms with van der Waals surface area (Å²) in [6, 6.07) is 5.80. The Morgan fingerprint density at radius 2 is 2.29 bits per heavy atom. The number of carboxylic acid groups (broad SMARTS) is 1. The van der Waals surface area contributed by atoms with Gasteiger partial charge in [-0.25, -0.2) is 4.98 Å². The topological polar surface area (TPSA) is 63.3 Å². The maximum Gasteiger partial charge on any atom is 0.306 e. The van der Waals surface area contributed by atoms with E-state index in [4.69, 9.17) is 9.52 Å². The highest BCUT2D eigenvalue weighted by atomic mass is 16.4. The minimum atomic E-state index is -0.747. The van der Waals surface area contributed by atoms with Crippen LogP contribution in [0.15, 0.2) is 22.6 Å². The van der Waals surface area contributed by atoms with E-state index in [1.807, 2.05) is 25.1 Å². The molecule has 2 rings (SSSR count). The normalized spacial score (nSPS) is 12.8. The quantitative estimate of drug-likeness (QED) is 0.881. The third-order valence-electron chi connectivity index (χ3n) is 2.85. The Hall–Kier alpha value is -1.84. The van der Waals surface area contributed by atoms with Crippen LogP contribution in [0.5, 0.6) is 0 Å². The first-order chi connectivity index (χ1) is 8.06. The number of nitrogens with zero attached hydrogens (tertiary/aromatic N) is 1. The fourth-order valence-electron chi connectivity index (χ4n) is 1.75. The number of hydrogen-bond acceptors (Lipinski definition) is 3. The molecule has 0 fully saturated rings. The van der Waals surface area contributed by atoms with Crippen molar-refractivity contribution in [2.75, 3.05) is 0 Å². The van der Waals surface area contributed by atoms with Crippen LogP contribution >= 0.6 is 0 Å². The lowest BCUT2D eigenvalue weighted by Gasteiger charge is -2.05. The van der Waals surface area contributed by atoms with E-state index in [1.54, 1.807) is 6.92 Å². The van der Waals surface area contributed by atoms with Crippen molar-refractivity contribution in [2.24, 2.45) is 5.92 Å². The van der Waals surface area contributed by atoms with Crippen LogP contribution in [0.25, 0.3) is 11.1 Å². The van der Waals surface area contributed by atoms with Gasteiger partial charge in [0.25, 0.3) is 0 Å². The number of aromatic nitrogens is 1. The summed E-state index contributed by atoms with van der Waals surface area (Å²) in [6.45, 7) is 3.54. The Kier molecular flexibility index (Phi) is 3.13. The molecule has 1 atom stereocenters. The van der Waals surface area contributed by atoms with E-state index < -0.39 is 5.97 Å². The van der Waals surface area contributed by atoms with E-state index in [-0.39, 0.29) is 5.92 Å². The van der Waals surface area contributed by atoms with Gasteiger partial charge in [-0.2, -0.15) is 0 Å². The van der Waals surface area contributed by atoms with Crippen molar-refractivity contribution < 1.29 is 14.3 Å². The summed E-state index contributed by atoms with van der Waals surface area (Å²) in [5, 5.41) is 8.81. The zero-order valence-electron chi connectivity index (χ0n) is 9.93. The molecular formula is C13H15NO3. The predicted molar refractivity (Wildman–Crippen MR) is 63.9 cm³/mol. The Morgan fingerprint density at radius 1 is 1.53 bits per heavy atom. The second-order valence-corrected chi connectivity index (χ2v) is 4.31. The number of aryl methyl sites for hydroxylation is 2. The summed E-state index contributed by atoms with van der Waals surface area (Å²) in [5.74, 6) is -0.413. The second kappa shape index (κ2) is 4.57. The van der Waals surface area contributed by atoms with Crippen molar-refractivity contribution in [2.45, 2.75) is 26.7 Å². The zero-order chi connectivity index (χ0) is 12.4. The van der Waals surface area contributed by atoms with Crippen LogP contribution in [-0.4, -0.2) is 16.1 Å². The van der Waals surface area contributed by atoms with Crippen LogP contribution in [0.2, 0.25) is 0 Å². The second-order valence-electron chi connectivity index (χ2n) is 4.31. The van der Waals surface area contributed by atoms with Crippen molar-refractivity contribution in [3.05, 3.63) is 29.7 Å². The number of carbonyl (C=O) groups is 1. The minimum absolute atomic E-state index is 0.315. The van der Waals surface area contributed by atoms with Crippen LogP contribution in [-0.2, 0) is 11.2 Å². The van der Waals surface area contributed by atoms with Gasteiger partial charge in [0.15, 0.2) is 11.5 Å². The maximum atomic E-state index is 10.7. The lowest BCUT2D eigenvalue weighted by Crippen LogP contribution is -2.10. The zero-order valence-corrected chi connectivity index (χ0v) is 9.93. The van der Waals surface area contributed by atoms with Crippen LogP contribution in [0.1, 0.15) is 24.8 Å². The van der Waals surface area contributed by atoms with Crippen molar-refractivity contribution in [3.63, 3.8) is 0 Å². The lowest BCUT2D eigenvalue weighted by molar-refractivity contribution is -0.141. The van der Waals surface area contributed by atoms with Gasteiger partial charge in [0.1, 0.15) is 5.52 Å². The SMILES string of the molecule is Cc1nc2cc(CCC(C)C(=O)O)ccc2o1. The molecule has 0 bridgehead atoms. The van der Waals surface area contributed by atoms with E-state index in [0.29, 0.717) is 12.3 Å². The number of oxazole rings is 1. The van der Waals surface area contributed by atoms with Gasteiger partial charge in [0, 0.05) is 6.92 Å². The Bertz CT molecular complexity index is 545. The van der Waals surface area contributed by atoms with Crippen LogP contribution in [0, 0.1) is 12.8 Å². The molecule has 0 aliphatic carbocycles. The molecule has 0 aliphatic rings. The standard InChI is InChI=1S/C13H15NO3/c1-8(13(15)16)3-4-10-5-6-12-11(7-10)14-9(2)17-12/h5-8H,3-4H2,1-2H3,(H,15,16). The number of aliphatic carboxylic acids is 1. The number of hydrogen-bond donors (Lipinski definition) is 1. The third kappa shape index (κ3) is 2.64. The van der Waals surface area contributed by atoms with Crippen LogP contribution in [0.4, 0.5) is 0 Å². The first kappa shape index (κ1) is 11.6. The molecule has 1 aromatic heterocycles. The average molecular weight is 233 g/mol. The summed E-state index contributed by atoms with van der Waals surface area (Å²) in [4.78, 5) is 15.0. The molecule has 1 N–H and O–H groups in total. The summed E-state index contributed by atoms with van der Waals surface area (Å²) < 4.78 is 5.38. The molecular weight excluding hydrogens is 218 g/mol. The van der Waals surface area contributed by atoms with Crippen LogP contribution in [0.3, 0.4) is 0 Å². The van der Waals surface area contributed by atoms with E-state index in [9.17, 15) is 4.79 Å². The summed E-state index contributed by atoms with van der Waals surface area (Å²) in [7, 11) is 0. The highest BCUT2D eigenvalue weighted by Crippen LogP contribution is 2.18. The lowest BCUT2D eigenvalue weighted by atomic mass is 10.0. The fourth-order valence-corrected chi connectivity index (χ4v) is 1.75. The van der Waals surface area contributed by atoms with E-state index in [1.165, 1.54) is 0 Å². The van der Waals surface area contributed by atoms with E-state index in [2.05, 4.69) is 4.98 Å². The van der Waals surface area contributed by atoms with Gasteiger partial charge >= 0.3 is 5.97 Å². The number of fused-ring (bicyclic) bond motifs is 1. The molecule has 90 valence electrons. The van der Waals surface area contributed by atoms with Gasteiger partial charge < -0.3 is 9.52 Å². The number of benzene rings is 1. The summed E-state index contributed by atoms with van der Waals surface area (Å²) >= 11 is 0. The average Bonchev–Trinajstić information content (AvgIpc) is 2.64. The summed E-state index contributed by atoms with van der Waals surface area (Å²) in [5.41, 5.74) is 2.71. The molecule has 1 unspecified atom stereocenters. The molecule has 0 radical (unpaired) electrons. The predicted octanol–water partition coefficient (Wildman–Crippen LogP) is 2.79. The molecule has 0 saturated heterocycles. The Balaban J connectivity index is 2.11. The minimum Gasteiger partial charge on any atom is -0.481 e. The Morgan fingerprint density at radius 3 is 3.00 bits per heavy atom. The molecule has 1 heterocycles. The van der Waals surface area contributed by atoms with E-state index >= 15 is 0 Å². The largest absolute Gasteiger partial charge is 0.481 e. The molecule has 0 aliphatic heterocycles. The van der Waals surface area contributed by atoms with Gasteiger partial charge in [-0.3, -0.25) is 4.79 Å². The smallest absolute Gasteiger partial charge is 0.306 e. The maximum absolute atomic E-state index is 10.7. The van der Waals surface area contributed by atoms with Gasteiger partial charge in [0.2, 0.25) is 0 Å². The first-order valence-electron chi connectivity index (χ1n) is 5.65. The van der Waals surface area contributed by atoms with Crippen LogP contribution < -0.4 is 0 Å². The molecule has 2 aromatic rings. The molecule has 0 spiro atoms. The summed E-state index contributed by atoms with van der Waals surface area (Å²) in [6.07, 6.45) is 1.38. The highest BCUT2D eigenvalue weighted by molar-refractivity contribution is 5.73. The molecule has 17 heavy (non-hydrogen) atoms. The van der Waals surface area contributed by atoms with Crippen molar-refractivity contribution >= 4 is 17.1 Å². The van der Waals surface area contributed by atoms with Gasteiger partial charge in [-0.1, -0.05) is 13.0 Å². The van der Waals surface area contributed by atoms with Gasteiger partial charge in [0.05, 0.1) is 5.92 Å². The number of carboxylic acids is 1. The van der Waals surface area contributed by atoms with Gasteiger partial charge in [-0.05, 0) is 30.5 Å². The van der Waals surface area contributed by atoms with Crippen molar-refractivity contribution in [3.8, 4) is 0 Å². The third-order valence-corrected chi connectivity index (χ3v) is 2.85. The monoisotopic (exact) mass is 233 g/mol. The molecule has 4 heteroatoms. The fraction of sp³-hybridized carbons (Fsp3) is 0.385. The van der Waals surface area contributed by atoms with Crippen molar-refractivity contribution in [1.29, 1.82) is 0 Å². The van der Waals surface area contributed by atoms with E-state index in [0.717, 1.165) is 23.1 Å². The molecule has 1 aromatic carbocycles. The van der Waals surface area contributed by atoms with Gasteiger partial charge in [-0.15, -0.1) is 0 Å².